The molecule has 11 nitrogen and oxygen atoms in total. The predicted molar refractivity (Wildman–Crippen MR) is 136 cm³/mol. The van der Waals surface area contributed by atoms with Crippen molar-refractivity contribution in [1.29, 1.82) is 0 Å². The van der Waals surface area contributed by atoms with Crippen LogP contribution >= 0.6 is 0 Å². The second kappa shape index (κ2) is 10.4. The third kappa shape index (κ3) is 5.09. The van der Waals surface area contributed by atoms with Gasteiger partial charge in [-0.15, -0.1) is 0 Å². The van der Waals surface area contributed by atoms with Crippen molar-refractivity contribution < 1.29 is 23.8 Å². The molecule has 2 aromatic heterocycles. The van der Waals surface area contributed by atoms with Crippen LogP contribution in [0.15, 0.2) is 65.7 Å². The minimum absolute atomic E-state index is 0.0572. The summed E-state index contributed by atoms with van der Waals surface area (Å²) in [4.78, 5) is 50.6. The Labute approximate surface area is 217 Å². The van der Waals surface area contributed by atoms with E-state index in [9.17, 15) is 14.4 Å². The molecule has 1 aliphatic rings. The molecule has 5 rings (SSSR count). The summed E-state index contributed by atoms with van der Waals surface area (Å²) in [6, 6.07) is 13.9. The monoisotopic (exact) mass is 515 g/mol. The van der Waals surface area contributed by atoms with Crippen molar-refractivity contribution in [3.05, 3.63) is 93.7 Å². The van der Waals surface area contributed by atoms with Crippen LogP contribution < -0.4 is 11.4 Å². The lowest BCUT2D eigenvalue weighted by molar-refractivity contribution is -0.0572. The molecule has 38 heavy (non-hydrogen) atoms. The SMILES string of the molecule is Cc1ccc(C(=O)OC[C@H]2O[C@@H](n3c(=O)nc(N)c4nccnc43)C[C@@H]2OC(=O)c2ccc(C)cc2)cc1. The van der Waals surface area contributed by atoms with Gasteiger partial charge in [-0.1, -0.05) is 35.4 Å². The molecule has 1 fully saturated rings. The van der Waals surface area contributed by atoms with E-state index in [1.807, 2.05) is 13.8 Å². The van der Waals surface area contributed by atoms with E-state index in [0.29, 0.717) is 11.1 Å². The Bertz CT molecular complexity index is 1550. The number of aryl methyl sites for hydroxylation is 2. The maximum absolute atomic E-state index is 12.9. The molecule has 0 radical (unpaired) electrons. The van der Waals surface area contributed by atoms with Gasteiger partial charge in [-0.3, -0.25) is 0 Å². The fraction of sp³-hybridized carbons (Fsp3) is 0.259. The summed E-state index contributed by atoms with van der Waals surface area (Å²) in [6.07, 6.45) is 0.318. The zero-order valence-corrected chi connectivity index (χ0v) is 20.7. The molecule has 0 unspecified atom stereocenters. The topological polar surface area (TPSA) is 149 Å². The summed E-state index contributed by atoms with van der Waals surface area (Å²) in [7, 11) is 0. The number of hydrogen-bond donors (Lipinski definition) is 1. The fourth-order valence-electron chi connectivity index (χ4n) is 4.21. The number of nitrogen functional groups attached to an aromatic ring is 1. The largest absolute Gasteiger partial charge is 0.459 e. The van der Waals surface area contributed by atoms with Gasteiger partial charge in [0.05, 0.1) is 11.1 Å². The highest BCUT2D eigenvalue weighted by Crippen LogP contribution is 2.32. The zero-order chi connectivity index (χ0) is 26.8. The van der Waals surface area contributed by atoms with Crippen LogP contribution in [0.3, 0.4) is 0 Å². The molecule has 4 aromatic rings. The van der Waals surface area contributed by atoms with E-state index in [4.69, 9.17) is 19.9 Å². The second-order valence-electron chi connectivity index (χ2n) is 9.02. The predicted octanol–water partition coefficient (Wildman–Crippen LogP) is 2.76. The molecule has 3 heterocycles. The van der Waals surface area contributed by atoms with E-state index >= 15 is 0 Å². The number of carbonyl (C=O) groups excluding carboxylic acids is 2. The van der Waals surface area contributed by atoms with E-state index in [1.165, 1.54) is 17.0 Å². The third-order valence-electron chi connectivity index (χ3n) is 6.25. The van der Waals surface area contributed by atoms with Crippen LogP contribution in [-0.4, -0.2) is 50.3 Å². The van der Waals surface area contributed by atoms with Crippen LogP contribution in [0.2, 0.25) is 0 Å². The van der Waals surface area contributed by atoms with E-state index in [2.05, 4.69) is 15.0 Å². The quantitative estimate of drug-likeness (QED) is 0.380. The minimum atomic E-state index is -0.923. The lowest BCUT2D eigenvalue weighted by Gasteiger charge is -2.19. The van der Waals surface area contributed by atoms with E-state index in [1.54, 1.807) is 48.5 Å². The maximum atomic E-state index is 12.9. The van der Waals surface area contributed by atoms with E-state index in [0.717, 1.165) is 11.1 Å². The van der Waals surface area contributed by atoms with Crippen LogP contribution in [0, 0.1) is 13.8 Å². The Hall–Kier alpha value is -4.64. The minimum Gasteiger partial charge on any atom is -0.459 e. The highest BCUT2D eigenvalue weighted by Gasteiger charge is 2.41. The lowest BCUT2D eigenvalue weighted by Crippen LogP contribution is -2.32. The first-order chi connectivity index (χ1) is 18.3. The summed E-state index contributed by atoms with van der Waals surface area (Å²) in [6.45, 7) is 3.61. The number of nitrogens with zero attached hydrogens (tertiary/aromatic N) is 4. The first kappa shape index (κ1) is 25.0. The lowest BCUT2D eigenvalue weighted by atomic mass is 10.1. The van der Waals surface area contributed by atoms with Crippen molar-refractivity contribution >= 4 is 28.9 Å². The van der Waals surface area contributed by atoms with Crippen LogP contribution in [0.1, 0.15) is 44.5 Å². The number of benzene rings is 2. The molecular weight excluding hydrogens is 490 g/mol. The Morgan fingerprint density at radius 3 is 2.24 bits per heavy atom. The smallest absolute Gasteiger partial charge is 0.353 e. The van der Waals surface area contributed by atoms with E-state index < -0.39 is 36.1 Å². The first-order valence-corrected chi connectivity index (χ1v) is 12.0. The standard InChI is InChI=1S/C27H25N5O6/c1-15-3-7-17(8-4-15)25(33)36-14-20-19(38-26(34)18-9-5-16(2)6-10-18)13-21(37-20)32-24-22(29-11-12-30-24)23(28)31-27(32)35/h3-12,19-21H,13-14H2,1-2H3,(H2,28,31,35)/t19-,20+,21+/m0/s1. The average Bonchev–Trinajstić information content (AvgIpc) is 3.29. The Kier molecular flexibility index (Phi) is 6.84. The van der Waals surface area contributed by atoms with Crippen LogP contribution in [-0.2, 0) is 14.2 Å². The molecule has 0 aliphatic carbocycles. The third-order valence-corrected chi connectivity index (χ3v) is 6.25. The molecule has 3 atom stereocenters. The van der Waals surface area contributed by atoms with E-state index in [-0.39, 0.29) is 30.0 Å². The molecule has 11 heteroatoms. The van der Waals surface area contributed by atoms with Gasteiger partial charge >= 0.3 is 17.6 Å². The zero-order valence-electron chi connectivity index (χ0n) is 20.7. The molecule has 0 spiro atoms. The molecule has 0 saturated carbocycles. The van der Waals surface area contributed by atoms with Gasteiger partial charge in [-0.05, 0) is 38.1 Å². The van der Waals surface area contributed by atoms with Gasteiger partial charge in [0.15, 0.2) is 11.5 Å². The van der Waals surface area contributed by atoms with Gasteiger partial charge in [0.1, 0.15) is 30.6 Å². The highest BCUT2D eigenvalue weighted by molar-refractivity contribution is 5.90. The molecule has 0 bridgehead atoms. The molecular formula is C27H25N5O6. The van der Waals surface area contributed by atoms with Crippen molar-refractivity contribution in [3.8, 4) is 0 Å². The molecule has 1 aliphatic heterocycles. The summed E-state index contributed by atoms with van der Waals surface area (Å²) >= 11 is 0. The normalized spacial score (nSPS) is 18.8. The highest BCUT2D eigenvalue weighted by atomic mass is 16.6. The molecule has 0 amide bonds. The number of anilines is 1. The summed E-state index contributed by atoms with van der Waals surface area (Å²) < 4.78 is 18.6. The van der Waals surface area contributed by atoms with Crippen molar-refractivity contribution in [2.45, 2.75) is 38.7 Å². The molecule has 2 aromatic carbocycles. The number of nitrogens with two attached hydrogens (primary N) is 1. The molecule has 2 N–H and O–H groups in total. The number of carbonyl (C=O) groups is 2. The fourth-order valence-corrected chi connectivity index (χ4v) is 4.21. The molecule has 1 saturated heterocycles. The van der Waals surface area contributed by atoms with Crippen molar-refractivity contribution in [2.24, 2.45) is 0 Å². The van der Waals surface area contributed by atoms with Crippen molar-refractivity contribution in [3.63, 3.8) is 0 Å². The summed E-state index contributed by atoms with van der Waals surface area (Å²) in [5, 5.41) is 0. The number of esters is 2. The maximum Gasteiger partial charge on any atom is 0.353 e. The van der Waals surface area contributed by atoms with Gasteiger partial charge in [-0.25, -0.2) is 28.9 Å². The Balaban J connectivity index is 1.41. The van der Waals surface area contributed by atoms with Crippen LogP contribution in [0.25, 0.3) is 11.2 Å². The van der Waals surface area contributed by atoms with Crippen LogP contribution in [0.4, 0.5) is 5.82 Å². The van der Waals surface area contributed by atoms with Crippen molar-refractivity contribution in [2.75, 3.05) is 12.3 Å². The summed E-state index contributed by atoms with van der Waals surface area (Å²) in [5.74, 6) is -1.18. The number of ether oxygens (including phenoxy) is 3. The number of hydrogen-bond acceptors (Lipinski definition) is 10. The van der Waals surface area contributed by atoms with Gasteiger partial charge < -0.3 is 19.9 Å². The van der Waals surface area contributed by atoms with Crippen LogP contribution in [0.5, 0.6) is 0 Å². The van der Waals surface area contributed by atoms with Gasteiger partial charge in [0.2, 0.25) is 0 Å². The summed E-state index contributed by atoms with van der Waals surface area (Å²) in [5.41, 5.74) is 8.32. The van der Waals surface area contributed by atoms with Crippen molar-refractivity contribution in [1.82, 2.24) is 19.5 Å². The average molecular weight is 516 g/mol. The Morgan fingerprint density at radius 1 is 0.974 bits per heavy atom. The second-order valence-corrected chi connectivity index (χ2v) is 9.02. The molecule has 194 valence electrons. The van der Waals surface area contributed by atoms with Gasteiger partial charge in [0.25, 0.3) is 0 Å². The first-order valence-electron chi connectivity index (χ1n) is 12.0. The number of aromatic nitrogens is 4. The Morgan fingerprint density at radius 2 is 1.58 bits per heavy atom. The van der Waals surface area contributed by atoms with Gasteiger partial charge in [0, 0.05) is 18.8 Å². The number of fused-ring (bicyclic) bond motifs is 1. The van der Waals surface area contributed by atoms with Gasteiger partial charge in [-0.2, -0.15) is 4.98 Å². The number of rotatable bonds is 6.